The van der Waals surface area contributed by atoms with Crippen molar-refractivity contribution in [3.05, 3.63) is 11.3 Å². The predicted octanol–water partition coefficient (Wildman–Crippen LogP) is 3.89. The van der Waals surface area contributed by atoms with Crippen LogP contribution >= 0.6 is 0 Å². The molecule has 4 aliphatic carbocycles. The molecular formula is C16H23NO. The van der Waals surface area contributed by atoms with Gasteiger partial charge < -0.3 is 4.74 Å². The number of hydrogen-bond donors (Lipinski definition) is 0. The Morgan fingerprint density at radius 2 is 1.67 bits per heavy atom. The van der Waals surface area contributed by atoms with E-state index in [0.29, 0.717) is 12.5 Å². The third kappa shape index (κ3) is 1.85. The van der Waals surface area contributed by atoms with Crippen molar-refractivity contribution in [2.75, 3.05) is 6.61 Å². The highest BCUT2D eigenvalue weighted by atomic mass is 16.5. The Hall–Kier alpha value is -0.970. The van der Waals surface area contributed by atoms with Crippen LogP contribution in [0.2, 0.25) is 0 Å². The van der Waals surface area contributed by atoms with Crippen LogP contribution in [0.25, 0.3) is 0 Å². The SMILES string of the molecule is CCO/C(C)=C(\C#N)C1C2CC3CC(C2)CC1C3. The summed E-state index contributed by atoms with van der Waals surface area (Å²) in [6.45, 7) is 4.65. The smallest absolute Gasteiger partial charge is 0.107 e. The van der Waals surface area contributed by atoms with Crippen LogP contribution in [0.1, 0.15) is 46.0 Å². The van der Waals surface area contributed by atoms with Gasteiger partial charge >= 0.3 is 0 Å². The Labute approximate surface area is 110 Å². The maximum atomic E-state index is 9.52. The maximum absolute atomic E-state index is 9.52. The van der Waals surface area contributed by atoms with Gasteiger partial charge in [-0.15, -0.1) is 0 Å². The minimum atomic E-state index is 0.509. The van der Waals surface area contributed by atoms with E-state index in [1.807, 2.05) is 13.8 Å². The van der Waals surface area contributed by atoms with E-state index in [-0.39, 0.29) is 0 Å². The summed E-state index contributed by atoms with van der Waals surface area (Å²) >= 11 is 0. The molecule has 98 valence electrons. The fourth-order valence-electron chi connectivity index (χ4n) is 5.08. The first-order valence-electron chi connectivity index (χ1n) is 7.46. The van der Waals surface area contributed by atoms with Crippen molar-refractivity contribution in [3.8, 4) is 6.07 Å². The lowest BCUT2D eigenvalue weighted by atomic mass is 9.50. The molecule has 4 rings (SSSR count). The van der Waals surface area contributed by atoms with E-state index in [1.54, 1.807) is 0 Å². The van der Waals surface area contributed by atoms with Gasteiger partial charge in [-0.3, -0.25) is 0 Å². The fourth-order valence-corrected chi connectivity index (χ4v) is 5.08. The quantitative estimate of drug-likeness (QED) is 0.558. The summed E-state index contributed by atoms with van der Waals surface area (Å²) in [7, 11) is 0. The molecule has 0 unspecified atom stereocenters. The summed E-state index contributed by atoms with van der Waals surface area (Å²) in [5.41, 5.74) is 0.964. The second-order valence-corrected chi connectivity index (χ2v) is 6.47. The van der Waals surface area contributed by atoms with E-state index in [0.717, 1.165) is 35.0 Å². The second kappa shape index (κ2) is 4.61. The lowest BCUT2D eigenvalue weighted by Gasteiger charge is -2.54. The van der Waals surface area contributed by atoms with Gasteiger partial charge in [0.25, 0.3) is 0 Å². The highest BCUT2D eigenvalue weighted by Crippen LogP contribution is 2.58. The minimum Gasteiger partial charge on any atom is -0.497 e. The lowest BCUT2D eigenvalue weighted by Crippen LogP contribution is -2.45. The molecule has 2 nitrogen and oxygen atoms in total. The fraction of sp³-hybridized carbons (Fsp3) is 0.812. The Morgan fingerprint density at radius 3 is 2.11 bits per heavy atom. The normalized spacial score (nSPS) is 42.4. The van der Waals surface area contributed by atoms with Crippen molar-refractivity contribution in [2.45, 2.75) is 46.0 Å². The molecule has 0 radical (unpaired) electrons. The van der Waals surface area contributed by atoms with E-state index < -0.39 is 0 Å². The summed E-state index contributed by atoms with van der Waals surface area (Å²) in [6, 6.07) is 2.47. The largest absolute Gasteiger partial charge is 0.497 e. The Balaban J connectivity index is 1.88. The van der Waals surface area contributed by atoms with Crippen molar-refractivity contribution in [2.24, 2.45) is 29.6 Å². The van der Waals surface area contributed by atoms with Gasteiger partial charge in [0.1, 0.15) is 5.76 Å². The Kier molecular flexibility index (Phi) is 3.09. The van der Waals surface area contributed by atoms with Crippen LogP contribution in [0.15, 0.2) is 11.3 Å². The van der Waals surface area contributed by atoms with Crippen molar-refractivity contribution < 1.29 is 4.74 Å². The molecule has 0 amide bonds. The van der Waals surface area contributed by atoms with Crippen LogP contribution in [0, 0.1) is 40.9 Å². The van der Waals surface area contributed by atoms with Gasteiger partial charge in [-0.25, -0.2) is 0 Å². The van der Waals surface area contributed by atoms with Crippen LogP contribution in [0.3, 0.4) is 0 Å². The highest BCUT2D eigenvalue weighted by molar-refractivity contribution is 5.30. The number of nitriles is 1. The molecule has 4 aliphatic rings. The summed E-state index contributed by atoms with van der Waals surface area (Å²) < 4.78 is 5.61. The second-order valence-electron chi connectivity index (χ2n) is 6.47. The number of ether oxygens (including phenoxy) is 1. The van der Waals surface area contributed by atoms with Crippen molar-refractivity contribution in [3.63, 3.8) is 0 Å². The molecule has 0 aliphatic heterocycles. The first-order valence-corrected chi connectivity index (χ1v) is 7.46. The number of rotatable bonds is 3. The van der Waals surface area contributed by atoms with E-state index in [9.17, 15) is 5.26 Å². The van der Waals surface area contributed by atoms with Crippen LogP contribution in [0.4, 0.5) is 0 Å². The summed E-state index contributed by atoms with van der Waals surface area (Å²) in [6.07, 6.45) is 6.92. The number of nitrogens with zero attached hydrogens (tertiary/aromatic N) is 1. The Morgan fingerprint density at radius 1 is 1.11 bits per heavy atom. The average molecular weight is 245 g/mol. The average Bonchev–Trinajstić information content (AvgIpc) is 2.33. The molecule has 2 heteroatoms. The molecule has 0 aromatic rings. The van der Waals surface area contributed by atoms with E-state index in [4.69, 9.17) is 4.74 Å². The summed E-state index contributed by atoms with van der Waals surface area (Å²) in [4.78, 5) is 0. The zero-order chi connectivity index (χ0) is 12.7. The van der Waals surface area contributed by atoms with Crippen molar-refractivity contribution >= 4 is 0 Å². The predicted molar refractivity (Wildman–Crippen MR) is 70.5 cm³/mol. The van der Waals surface area contributed by atoms with Crippen LogP contribution in [-0.2, 0) is 4.74 Å². The first kappa shape index (κ1) is 12.1. The number of hydrogen-bond acceptors (Lipinski definition) is 2. The standard InChI is InChI=1S/C16H23NO/c1-3-18-10(2)15(9-17)16-13-5-11-4-12(7-13)8-14(16)6-11/h11-14,16H,3-8H2,1-2H3/b15-10+. The molecule has 0 spiro atoms. The molecule has 0 heterocycles. The summed E-state index contributed by atoms with van der Waals surface area (Å²) in [5.74, 6) is 4.87. The van der Waals surface area contributed by atoms with Gasteiger partial charge in [-0.1, -0.05) is 0 Å². The van der Waals surface area contributed by atoms with Gasteiger partial charge in [0, 0.05) is 5.92 Å². The van der Waals surface area contributed by atoms with Gasteiger partial charge in [0.05, 0.1) is 18.2 Å². The lowest BCUT2D eigenvalue weighted by molar-refractivity contribution is -0.0209. The highest BCUT2D eigenvalue weighted by Gasteiger charge is 2.49. The molecule has 0 aromatic heterocycles. The zero-order valence-electron chi connectivity index (χ0n) is 11.5. The van der Waals surface area contributed by atoms with E-state index in [2.05, 4.69) is 6.07 Å². The van der Waals surface area contributed by atoms with Gasteiger partial charge in [0.2, 0.25) is 0 Å². The molecule has 4 saturated carbocycles. The van der Waals surface area contributed by atoms with Crippen LogP contribution in [0.5, 0.6) is 0 Å². The third-order valence-corrected chi connectivity index (χ3v) is 5.42. The van der Waals surface area contributed by atoms with Gasteiger partial charge in [0.15, 0.2) is 0 Å². The topological polar surface area (TPSA) is 33.0 Å². The van der Waals surface area contributed by atoms with Gasteiger partial charge in [-0.05, 0) is 69.6 Å². The Bertz CT molecular complexity index is 376. The molecule has 0 atom stereocenters. The minimum absolute atomic E-state index is 0.509. The number of allylic oxidation sites excluding steroid dienone is 2. The molecule has 0 saturated heterocycles. The molecule has 18 heavy (non-hydrogen) atoms. The van der Waals surface area contributed by atoms with Crippen molar-refractivity contribution in [1.82, 2.24) is 0 Å². The molecule has 0 aromatic carbocycles. The van der Waals surface area contributed by atoms with E-state index in [1.165, 1.54) is 32.1 Å². The summed E-state index contributed by atoms with van der Waals surface area (Å²) in [5, 5.41) is 9.52. The molecule has 0 N–H and O–H groups in total. The van der Waals surface area contributed by atoms with Crippen LogP contribution in [-0.4, -0.2) is 6.61 Å². The van der Waals surface area contributed by atoms with E-state index >= 15 is 0 Å². The van der Waals surface area contributed by atoms with Crippen LogP contribution < -0.4 is 0 Å². The molecule has 4 fully saturated rings. The monoisotopic (exact) mass is 245 g/mol. The molecular weight excluding hydrogens is 222 g/mol. The van der Waals surface area contributed by atoms with Crippen molar-refractivity contribution in [1.29, 1.82) is 5.26 Å². The molecule has 4 bridgehead atoms. The zero-order valence-corrected chi connectivity index (χ0v) is 11.5. The van der Waals surface area contributed by atoms with Gasteiger partial charge in [-0.2, -0.15) is 5.26 Å². The maximum Gasteiger partial charge on any atom is 0.107 e. The third-order valence-electron chi connectivity index (χ3n) is 5.42. The first-order chi connectivity index (χ1) is 8.72.